The van der Waals surface area contributed by atoms with Gasteiger partial charge in [-0.05, 0) is 192 Å². The lowest BCUT2D eigenvalue weighted by Crippen LogP contribution is -1.90. The number of aromatic nitrogens is 3. The van der Waals surface area contributed by atoms with Crippen molar-refractivity contribution in [2.45, 2.75) is 0 Å². The summed E-state index contributed by atoms with van der Waals surface area (Å²) in [7, 11) is 1.73. The number of hydrogen-bond acceptors (Lipinski definition) is 7. The number of methoxy groups -OCH3 is 1. The van der Waals surface area contributed by atoms with Gasteiger partial charge in [-0.15, -0.1) is 0 Å². The van der Waals surface area contributed by atoms with Crippen LogP contribution in [0.3, 0.4) is 0 Å². The van der Waals surface area contributed by atoms with Crippen LogP contribution in [0.15, 0.2) is 415 Å². The van der Waals surface area contributed by atoms with Crippen molar-refractivity contribution in [1.29, 1.82) is 0 Å². The molecule has 0 aliphatic rings. The minimum atomic E-state index is 0.841. The molecule has 34 rings (SSSR count). The van der Waals surface area contributed by atoms with Crippen LogP contribution in [0.1, 0.15) is 0 Å². The molecule has 0 N–H and O–H groups in total. The molecule has 0 unspecified atom stereocenters. The van der Waals surface area contributed by atoms with Crippen molar-refractivity contribution in [3.63, 3.8) is 0 Å². The van der Waals surface area contributed by atoms with Crippen LogP contribution in [0.5, 0.6) is 5.75 Å². The third-order valence-corrected chi connectivity index (χ3v) is 29.8. The van der Waals surface area contributed by atoms with Crippen LogP contribution in [0, 0.1) is 0 Å². The topological polar surface area (TPSA) is 101 Å². The van der Waals surface area contributed by atoms with E-state index in [4.69, 9.17) is 31.2 Å². The molecule has 0 bridgehead atoms. The van der Waals surface area contributed by atoms with Gasteiger partial charge < -0.3 is 44.4 Å². The minimum absolute atomic E-state index is 0.841. The highest BCUT2D eigenvalue weighted by Gasteiger charge is 2.32. The first kappa shape index (κ1) is 71.8. The lowest BCUT2D eigenvalue weighted by molar-refractivity contribution is 0.416. The van der Waals surface area contributed by atoms with Crippen molar-refractivity contribution in [2.24, 2.45) is 0 Å². The van der Waals surface area contributed by atoms with Crippen LogP contribution >= 0.6 is 0 Å². The van der Waals surface area contributed by atoms with E-state index in [1.54, 1.807) is 7.11 Å². The number of benzene rings is 22. The predicted octanol–water partition coefficient (Wildman–Crippen LogP) is 35.5. The van der Waals surface area contributed by atoms with E-state index in [0.717, 1.165) is 198 Å². The van der Waals surface area contributed by atoms with E-state index < -0.39 is 0 Å². The lowest BCUT2D eigenvalue weighted by Gasteiger charge is -2.18. The second kappa shape index (κ2) is 26.1. The first-order valence-electron chi connectivity index (χ1n) is 46.0. The summed E-state index contributed by atoms with van der Waals surface area (Å²) >= 11 is 0. The summed E-state index contributed by atoms with van der Waals surface area (Å²) < 4.78 is 53.0. The minimum Gasteiger partial charge on any atom is -0.497 e. The highest BCUT2D eigenvalue weighted by molar-refractivity contribution is 6.37. The molecule has 0 saturated heterocycles. The Hall–Kier alpha value is -18.1. The summed E-state index contributed by atoms with van der Waals surface area (Å²) in [4.78, 5) is 0. The van der Waals surface area contributed by atoms with Crippen LogP contribution in [0.25, 0.3) is 322 Å². The van der Waals surface area contributed by atoms with Crippen molar-refractivity contribution in [2.75, 3.05) is 7.11 Å². The van der Waals surface area contributed by atoms with Crippen LogP contribution in [0.4, 0.5) is 0 Å². The Morgan fingerprint density at radius 2 is 0.400 bits per heavy atom. The zero-order chi connectivity index (χ0) is 87.6. The Labute approximate surface area is 762 Å². The second-order valence-electron chi connectivity index (χ2n) is 36.4. The Morgan fingerprint density at radius 3 is 0.711 bits per heavy atom. The molecule has 0 spiro atoms. The largest absolute Gasteiger partial charge is 0.497 e. The van der Waals surface area contributed by atoms with Gasteiger partial charge in [-0.25, -0.2) is 0 Å². The number of ether oxygens (including phenoxy) is 1. The third kappa shape index (κ3) is 9.40. The molecule has 135 heavy (non-hydrogen) atoms. The maximum atomic E-state index is 6.78. The summed E-state index contributed by atoms with van der Waals surface area (Å²) in [5.41, 5.74) is 28.2. The molecule has 0 atom stereocenters. The van der Waals surface area contributed by atoms with E-state index in [1.165, 1.54) is 131 Å². The highest BCUT2D eigenvalue weighted by atomic mass is 16.5. The van der Waals surface area contributed by atoms with Crippen molar-refractivity contribution in [3.8, 4) is 39.1 Å². The van der Waals surface area contributed by atoms with Crippen molar-refractivity contribution < 1.29 is 31.2 Å². The van der Waals surface area contributed by atoms with Crippen LogP contribution in [-0.4, -0.2) is 20.3 Å². The van der Waals surface area contributed by atoms with Gasteiger partial charge in [0, 0.05) is 129 Å². The molecule has 10 nitrogen and oxygen atoms in total. The first-order valence-corrected chi connectivity index (χ1v) is 46.0. The average molecular weight is 1720 g/mol. The van der Waals surface area contributed by atoms with Crippen molar-refractivity contribution >= 4 is 289 Å². The molecule has 0 saturated carbocycles. The molecule has 34 aromatic rings. The van der Waals surface area contributed by atoms with E-state index >= 15 is 0 Å². The monoisotopic (exact) mass is 1720 g/mol. The quantitative estimate of drug-likeness (QED) is 0.128. The van der Waals surface area contributed by atoms with Crippen LogP contribution in [-0.2, 0) is 0 Å². The van der Waals surface area contributed by atoms with E-state index in [9.17, 15) is 0 Å². The van der Waals surface area contributed by atoms with Gasteiger partial charge in [0.05, 0.1) is 56.8 Å². The number of nitrogens with zero attached hydrogens (tertiary/aromatic N) is 3. The molecule has 12 heterocycles. The van der Waals surface area contributed by atoms with E-state index in [2.05, 4.69) is 353 Å². The normalized spacial score (nSPS) is 12.6. The molecule has 0 aliphatic carbocycles. The zero-order valence-corrected chi connectivity index (χ0v) is 72.1. The highest BCUT2D eigenvalue weighted by Crippen LogP contribution is 2.55. The molecule has 0 fully saturated rings. The predicted molar refractivity (Wildman–Crippen MR) is 560 cm³/mol. The molecular weight excluding hydrogens is 1660 g/mol. The Kier molecular flexibility index (Phi) is 13.9. The number of rotatable bonds is 4. The SMILES string of the molecule is COc1cc2c3ccc4c5ccccc5oc4c3n3c2c(c1)c1ccc2c4ccccc4oc2c13.c1ccc(-c2c3ccccc3c(-c3cc4c5ccc6c7ccccc7oc6c5n5c4c(c3)c3ccc4c6ccccc6oc4c35)c3ccccc23)cc1.c1ccc2c(c1)cc(-c1cc3c4ccc5c6ccccc6oc5c4n4c3c(c1)c1ccc3c5ccccc5oc3c14)c1ccccc12. The fourth-order valence-electron chi connectivity index (χ4n) is 24.2. The van der Waals surface area contributed by atoms with Crippen molar-refractivity contribution in [3.05, 3.63) is 388 Å². The zero-order valence-electron chi connectivity index (χ0n) is 72.1. The number of para-hydroxylation sites is 6. The molecule has 10 heteroatoms. The summed E-state index contributed by atoms with van der Waals surface area (Å²) in [6, 6.07) is 139. The van der Waals surface area contributed by atoms with Gasteiger partial charge in [0.15, 0.2) is 33.5 Å². The van der Waals surface area contributed by atoms with Gasteiger partial charge in [-0.1, -0.05) is 273 Å². The first-order chi connectivity index (χ1) is 66.9. The van der Waals surface area contributed by atoms with E-state index in [1.807, 2.05) is 48.5 Å². The van der Waals surface area contributed by atoms with Crippen LogP contribution in [0.2, 0.25) is 0 Å². The summed E-state index contributed by atoms with van der Waals surface area (Å²) in [5.74, 6) is 0.841. The molecule has 0 amide bonds. The van der Waals surface area contributed by atoms with Gasteiger partial charge in [0.1, 0.15) is 39.2 Å². The summed E-state index contributed by atoms with van der Waals surface area (Å²) in [6.45, 7) is 0. The van der Waals surface area contributed by atoms with Crippen LogP contribution < -0.4 is 4.74 Å². The van der Waals surface area contributed by atoms with Gasteiger partial charge >= 0.3 is 0 Å². The average Bonchev–Trinajstić information content (AvgIpc) is 1.61. The Morgan fingerprint density at radius 1 is 0.163 bits per heavy atom. The number of hydrogen-bond donors (Lipinski definition) is 0. The fraction of sp³-hybridized carbons (Fsp3) is 0.00800. The number of furan rings is 6. The molecular formula is C125H67N3O7. The Balaban J connectivity index is 0.0000000947. The number of fused-ring (bicyclic) bond motifs is 47. The Bertz CT molecular complexity index is 10700. The van der Waals surface area contributed by atoms with E-state index in [-0.39, 0.29) is 0 Å². The van der Waals surface area contributed by atoms with Gasteiger partial charge in [-0.2, -0.15) is 0 Å². The molecule has 22 aromatic carbocycles. The molecule has 12 aromatic heterocycles. The lowest BCUT2D eigenvalue weighted by atomic mass is 9.85. The molecule has 0 aliphatic heterocycles. The molecule has 0 radical (unpaired) electrons. The third-order valence-electron chi connectivity index (χ3n) is 29.8. The van der Waals surface area contributed by atoms with Crippen molar-refractivity contribution in [1.82, 2.24) is 13.2 Å². The maximum absolute atomic E-state index is 6.78. The summed E-state index contributed by atoms with van der Waals surface area (Å²) in [6.07, 6.45) is 0. The van der Waals surface area contributed by atoms with Gasteiger partial charge in [0.2, 0.25) is 0 Å². The smallest absolute Gasteiger partial charge is 0.160 e. The van der Waals surface area contributed by atoms with Gasteiger partial charge in [-0.3, -0.25) is 0 Å². The summed E-state index contributed by atoms with van der Waals surface area (Å²) in [5, 5.41) is 37.6. The molecule has 624 valence electrons. The standard InChI is InChI=1S/C50H27NO2.C44H23NO2.C31H17NO3/c1-2-12-28(13-3-1)44-32-16-4-6-18-34(32)45(35-19-7-5-17-33(35)44)29-26-40-36-22-24-38-30-14-8-10-20-42(30)52-49(38)47(36)51-46(40)41(27-29)37-23-25-39-31-15-9-11-21-43(31)53-50(39)48(37)51;1-2-10-26-24(9-1)21-35(28-12-4-3-11-27(26)28)25-22-36-31-17-19-33-29-13-5-7-15-38(29)46-43(33)41(31)45-40(36)37(23-25)32-18-20-34-30-14-6-8-16-39(30)47-44(34)42(32)45;1-33-16-14-23-19-10-12-21-17-6-2-4-8-25(17)34-30(21)28(19)32-27(23)24(15-16)20-11-13-22-18-7-3-5-9-26(18)35-31(22)29(20)32/h1-27H;1-23H;2-15H,1H3. The maximum Gasteiger partial charge on any atom is 0.160 e. The fourth-order valence-corrected chi connectivity index (χ4v) is 24.2. The van der Waals surface area contributed by atoms with Gasteiger partial charge in [0.25, 0.3) is 0 Å². The second-order valence-corrected chi connectivity index (χ2v) is 36.4. The van der Waals surface area contributed by atoms with E-state index in [0.29, 0.717) is 0 Å².